The highest BCUT2D eigenvalue weighted by Gasteiger charge is 1.96. The molecule has 1 rings (SSSR count). The Labute approximate surface area is 84.8 Å². The van der Waals surface area contributed by atoms with Crippen LogP contribution < -0.4 is 0 Å². The second-order valence-electron chi connectivity index (χ2n) is 2.24. The Morgan fingerprint density at radius 3 is 3.00 bits per heavy atom. The van der Waals surface area contributed by atoms with Crippen LogP contribution in [0.5, 0.6) is 0 Å². The van der Waals surface area contributed by atoms with E-state index in [4.69, 9.17) is 11.6 Å². The fourth-order valence-corrected chi connectivity index (χ4v) is 1.15. The number of hydrogen-bond donors (Lipinski definition) is 0. The van der Waals surface area contributed by atoms with Crippen molar-refractivity contribution < 1.29 is 0 Å². The number of rotatable bonds is 2. The second-order valence-corrected chi connectivity index (χ2v) is 3.22. The smallest absolute Gasteiger partial charge is 0.222 e. The van der Waals surface area contributed by atoms with Crippen LogP contribution in [0, 0.1) is 6.92 Å². The third-order valence-electron chi connectivity index (χ3n) is 1.37. The summed E-state index contributed by atoms with van der Waals surface area (Å²) in [7, 11) is 0. The zero-order chi connectivity index (χ0) is 8.97. The minimum Gasteiger partial charge on any atom is -0.226 e. The van der Waals surface area contributed by atoms with Crippen molar-refractivity contribution >= 4 is 33.6 Å². The van der Waals surface area contributed by atoms with Crippen LogP contribution in [0.1, 0.15) is 11.3 Å². The molecule has 64 valence electrons. The molecule has 2 nitrogen and oxygen atoms in total. The first-order chi connectivity index (χ1) is 5.74. The molecule has 1 heterocycles. The predicted molar refractivity (Wildman–Crippen MR) is 54.6 cm³/mol. The van der Waals surface area contributed by atoms with E-state index >= 15 is 0 Å². The second kappa shape index (κ2) is 4.58. The molecule has 0 saturated heterocycles. The molecule has 1 aromatic heterocycles. The van der Waals surface area contributed by atoms with Gasteiger partial charge in [0.2, 0.25) is 5.28 Å². The number of aryl methyl sites for hydroxylation is 1. The molecule has 0 bridgehead atoms. The third-order valence-corrected chi connectivity index (χ3v) is 1.93. The van der Waals surface area contributed by atoms with Crippen molar-refractivity contribution in [2.45, 2.75) is 6.92 Å². The maximum atomic E-state index is 5.60. The van der Waals surface area contributed by atoms with Crippen LogP contribution >= 0.6 is 27.5 Å². The van der Waals surface area contributed by atoms with Crippen LogP contribution in [-0.4, -0.2) is 15.3 Å². The van der Waals surface area contributed by atoms with Gasteiger partial charge in [0, 0.05) is 22.8 Å². The summed E-state index contributed by atoms with van der Waals surface area (Å²) in [6.45, 7) is 1.90. The highest BCUT2D eigenvalue weighted by Crippen LogP contribution is 2.08. The fraction of sp³-hybridized carbons (Fsp3) is 0.250. The van der Waals surface area contributed by atoms with Gasteiger partial charge < -0.3 is 0 Å². The van der Waals surface area contributed by atoms with E-state index in [0.717, 1.165) is 16.6 Å². The van der Waals surface area contributed by atoms with E-state index in [1.807, 2.05) is 19.1 Å². The maximum Gasteiger partial charge on any atom is 0.222 e. The Hall–Kier alpha value is -0.410. The first-order valence-corrected chi connectivity index (χ1v) is 4.95. The topological polar surface area (TPSA) is 25.8 Å². The average Bonchev–Trinajstić information content (AvgIpc) is 2.03. The molecular weight excluding hydrogens is 239 g/mol. The average molecular weight is 248 g/mol. The van der Waals surface area contributed by atoms with Gasteiger partial charge in [-0.15, -0.1) is 0 Å². The van der Waals surface area contributed by atoms with Gasteiger partial charge in [-0.2, -0.15) is 0 Å². The Kier molecular flexibility index (Phi) is 3.69. The highest BCUT2D eigenvalue weighted by atomic mass is 79.9. The normalized spacial score (nSPS) is 10.9. The lowest BCUT2D eigenvalue weighted by molar-refractivity contribution is 1.09. The van der Waals surface area contributed by atoms with E-state index < -0.39 is 0 Å². The molecule has 0 saturated carbocycles. The number of hydrogen-bond acceptors (Lipinski definition) is 2. The molecule has 12 heavy (non-hydrogen) atoms. The van der Waals surface area contributed by atoms with Gasteiger partial charge in [-0.25, -0.2) is 9.97 Å². The summed E-state index contributed by atoms with van der Waals surface area (Å²) in [5, 5.41) is 1.12. The molecule has 0 unspecified atom stereocenters. The summed E-state index contributed by atoms with van der Waals surface area (Å²) in [5.74, 6) is 0. The summed E-state index contributed by atoms with van der Waals surface area (Å²) in [4.78, 5) is 7.89. The lowest BCUT2D eigenvalue weighted by atomic mass is 10.2. The standard InChI is InChI=1S/C8H8BrClN2/c1-6-7(3-2-4-9)5-11-8(10)12-6/h2-3,5H,4H2,1H3. The fourth-order valence-electron chi connectivity index (χ4n) is 0.783. The lowest BCUT2D eigenvalue weighted by Crippen LogP contribution is -1.89. The lowest BCUT2D eigenvalue weighted by Gasteiger charge is -1.97. The van der Waals surface area contributed by atoms with Gasteiger partial charge >= 0.3 is 0 Å². The Bertz CT molecular complexity index is 299. The van der Waals surface area contributed by atoms with Crippen LogP contribution in [0.15, 0.2) is 12.3 Å². The van der Waals surface area contributed by atoms with E-state index in [1.54, 1.807) is 6.20 Å². The minimum atomic E-state index is 0.295. The molecule has 0 fully saturated rings. The Morgan fingerprint density at radius 1 is 1.67 bits per heavy atom. The molecule has 0 atom stereocenters. The SMILES string of the molecule is Cc1nc(Cl)ncc1C=CCBr. The van der Waals surface area contributed by atoms with Gasteiger partial charge in [-0.05, 0) is 18.5 Å². The van der Waals surface area contributed by atoms with Crippen molar-refractivity contribution in [3.8, 4) is 0 Å². The zero-order valence-corrected chi connectivity index (χ0v) is 8.93. The van der Waals surface area contributed by atoms with Gasteiger partial charge in [0.1, 0.15) is 0 Å². The van der Waals surface area contributed by atoms with Gasteiger partial charge in [-0.3, -0.25) is 0 Å². The molecule has 1 aromatic rings. The summed E-state index contributed by atoms with van der Waals surface area (Å²) < 4.78 is 0. The minimum absolute atomic E-state index is 0.295. The van der Waals surface area contributed by atoms with E-state index in [2.05, 4.69) is 25.9 Å². The predicted octanol–water partition coefficient (Wildman–Crippen LogP) is 2.85. The quantitative estimate of drug-likeness (QED) is 0.593. The van der Waals surface area contributed by atoms with Crippen molar-refractivity contribution in [2.75, 3.05) is 5.33 Å². The molecule has 0 aliphatic carbocycles. The van der Waals surface area contributed by atoms with Crippen LogP contribution in [0.25, 0.3) is 6.08 Å². The molecular formula is C8H8BrClN2. The van der Waals surface area contributed by atoms with Crippen molar-refractivity contribution in [3.05, 3.63) is 28.8 Å². The van der Waals surface area contributed by atoms with E-state index in [-0.39, 0.29) is 0 Å². The molecule has 4 heteroatoms. The molecule has 0 aliphatic rings. The van der Waals surface area contributed by atoms with Gasteiger partial charge in [0.15, 0.2) is 0 Å². The van der Waals surface area contributed by atoms with E-state index in [0.29, 0.717) is 5.28 Å². The monoisotopic (exact) mass is 246 g/mol. The first kappa shape index (κ1) is 9.68. The van der Waals surface area contributed by atoms with Crippen LogP contribution in [0.3, 0.4) is 0 Å². The summed E-state index contributed by atoms with van der Waals surface area (Å²) in [5.41, 5.74) is 1.89. The van der Waals surface area contributed by atoms with Crippen LogP contribution in [0.4, 0.5) is 0 Å². The highest BCUT2D eigenvalue weighted by molar-refractivity contribution is 9.09. The Balaban J connectivity index is 2.94. The Morgan fingerprint density at radius 2 is 2.42 bits per heavy atom. The summed E-state index contributed by atoms with van der Waals surface area (Å²) >= 11 is 8.89. The largest absolute Gasteiger partial charge is 0.226 e. The van der Waals surface area contributed by atoms with Gasteiger partial charge in [-0.1, -0.05) is 28.1 Å². The van der Waals surface area contributed by atoms with Crippen molar-refractivity contribution in [1.82, 2.24) is 9.97 Å². The van der Waals surface area contributed by atoms with Crippen molar-refractivity contribution in [3.63, 3.8) is 0 Å². The zero-order valence-electron chi connectivity index (χ0n) is 6.59. The third kappa shape index (κ3) is 2.57. The number of alkyl halides is 1. The number of allylic oxidation sites excluding steroid dienone is 1. The van der Waals surface area contributed by atoms with Crippen LogP contribution in [0.2, 0.25) is 5.28 Å². The molecule has 0 N–H and O–H groups in total. The van der Waals surface area contributed by atoms with E-state index in [1.165, 1.54) is 0 Å². The number of halogens is 2. The van der Waals surface area contributed by atoms with Gasteiger partial charge in [0.05, 0.1) is 0 Å². The van der Waals surface area contributed by atoms with Gasteiger partial charge in [0.25, 0.3) is 0 Å². The maximum absolute atomic E-state index is 5.60. The summed E-state index contributed by atoms with van der Waals surface area (Å²) in [6, 6.07) is 0. The molecule has 0 amide bonds. The number of nitrogens with zero attached hydrogens (tertiary/aromatic N) is 2. The van der Waals surface area contributed by atoms with Crippen LogP contribution in [-0.2, 0) is 0 Å². The van der Waals surface area contributed by atoms with Crippen molar-refractivity contribution in [2.24, 2.45) is 0 Å². The molecule has 0 spiro atoms. The van der Waals surface area contributed by atoms with E-state index in [9.17, 15) is 0 Å². The summed E-state index contributed by atoms with van der Waals surface area (Å²) in [6.07, 6.45) is 5.66. The molecule has 0 aromatic carbocycles. The van der Waals surface area contributed by atoms with Crippen molar-refractivity contribution in [1.29, 1.82) is 0 Å². The number of aromatic nitrogens is 2. The molecule has 0 aliphatic heterocycles. The molecule has 0 radical (unpaired) electrons. The first-order valence-electron chi connectivity index (χ1n) is 3.45.